The lowest BCUT2D eigenvalue weighted by molar-refractivity contribution is -0.121. The number of hydrogen-bond acceptors (Lipinski definition) is 5. The topological polar surface area (TPSA) is 92.8 Å². The Balaban J connectivity index is 1.56. The van der Waals surface area contributed by atoms with Crippen LogP contribution in [0.1, 0.15) is 23.2 Å². The van der Waals surface area contributed by atoms with Gasteiger partial charge in [-0.1, -0.05) is 11.6 Å². The molecular weight excluding hydrogens is 391 g/mol. The molecule has 2 aromatic rings. The summed E-state index contributed by atoms with van der Waals surface area (Å²) in [5, 5.41) is 2.45. The van der Waals surface area contributed by atoms with Crippen LogP contribution in [-0.2, 0) is 19.1 Å². The van der Waals surface area contributed by atoms with Crippen molar-refractivity contribution in [1.82, 2.24) is 0 Å². The summed E-state index contributed by atoms with van der Waals surface area (Å²) in [4.78, 5) is 48.3. The fourth-order valence-corrected chi connectivity index (χ4v) is 2.76. The summed E-state index contributed by atoms with van der Waals surface area (Å²) < 4.78 is 18.5. The molecule has 1 saturated heterocycles. The van der Waals surface area contributed by atoms with Crippen molar-refractivity contribution in [2.24, 2.45) is 0 Å². The number of rotatable bonds is 5. The number of carbonyl (C=O) groups is 4. The Bertz CT molecular complexity index is 945. The van der Waals surface area contributed by atoms with Crippen LogP contribution >= 0.6 is 11.6 Å². The molecule has 3 rings (SSSR count). The van der Waals surface area contributed by atoms with Crippen molar-refractivity contribution < 1.29 is 28.3 Å². The average Bonchev–Trinajstić information content (AvgIpc) is 3.00. The highest BCUT2D eigenvalue weighted by Crippen LogP contribution is 2.23. The molecular formula is C19H14ClFN2O5. The number of amides is 3. The maximum Gasteiger partial charge on any atom is 0.338 e. The van der Waals surface area contributed by atoms with E-state index < -0.39 is 24.3 Å². The molecule has 1 N–H and O–H groups in total. The van der Waals surface area contributed by atoms with Crippen LogP contribution < -0.4 is 10.2 Å². The molecule has 0 radical (unpaired) electrons. The van der Waals surface area contributed by atoms with Gasteiger partial charge in [-0.25, -0.2) is 9.18 Å². The Morgan fingerprint density at radius 3 is 2.32 bits per heavy atom. The van der Waals surface area contributed by atoms with Gasteiger partial charge in [0.15, 0.2) is 6.61 Å². The molecule has 144 valence electrons. The molecule has 0 aliphatic carbocycles. The lowest BCUT2D eigenvalue weighted by atomic mass is 10.2. The van der Waals surface area contributed by atoms with E-state index in [1.807, 2.05) is 0 Å². The number of nitrogens with zero attached hydrogens (tertiary/aromatic N) is 1. The molecule has 0 atom stereocenters. The van der Waals surface area contributed by atoms with Gasteiger partial charge in [-0.3, -0.25) is 19.3 Å². The van der Waals surface area contributed by atoms with Crippen LogP contribution in [0.15, 0.2) is 42.5 Å². The van der Waals surface area contributed by atoms with Gasteiger partial charge < -0.3 is 10.1 Å². The number of carbonyl (C=O) groups excluding carboxylic acids is 4. The largest absolute Gasteiger partial charge is 0.452 e. The summed E-state index contributed by atoms with van der Waals surface area (Å²) in [7, 11) is 0. The van der Waals surface area contributed by atoms with Gasteiger partial charge >= 0.3 is 5.97 Å². The van der Waals surface area contributed by atoms with Crippen molar-refractivity contribution in [2.45, 2.75) is 12.8 Å². The summed E-state index contributed by atoms with van der Waals surface area (Å²) in [5.74, 6) is -2.82. The summed E-state index contributed by atoms with van der Waals surface area (Å²) >= 11 is 5.63. The Labute approximate surface area is 164 Å². The Kier molecular flexibility index (Phi) is 5.70. The molecule has 0 aromatic heterocycles. The van der Waals surface area contributed by atoms with E-state index in [0.717, 1.165) is 11.0 Å². The first-order valence-electron chi connectivity index (χ1n) is 8.23. The summed E-state index contributed by atoms with van der Waals surface area (Å²) in [6.07, 6.45) is 0.317. The van der Waals surface area contributed by atoms with Gasteiger partial charge in [0.05, 0.1) is 16.9 Å². The Hall–Kier alpha value is -3.26. The fraction of sp³-hybridized carbons (Fsp3) is 0.158. The van der Waals surface area contributed by atoms with Gasteiger partial charge in [0.2, 0.25) is 11.8 Å². The van der Waals surface area contributed by atoms with Gasteiger partial charge in [-0.05, 0) is 42.5 Å². The number of nitrogens with one attached hydrogen (secondary N) is 1. The molecule has 3 amide bonds. The van der Waals surface area contributed by atoms with E-state index in [0.29, 0.717) is 5.69 Å². The molecule has 28 heavy (non-hydrogen) atoms. The third-order valence-corrected chi connectivity index (χ3v) is 4.19. The summed E-state index contributed by atoms with van der Waals surface area (Å²) in [5.41, 5.74) is 0.406. The standard InChI is InChI=1S/C19H14ClFN2O5/c20-12-3-6-15(14(21)9-12)22-16(24)10-28-19(27)11-1-4-13(5-2-11)23-17(25)7-8-18(23)26/h1-6,9H,7-8,10H2,(H,22,24). The van der Waals surface area contributed by atoms with E-state index in [1.165, 1.54) is 36.4 Å². The molecule has 0 saturated carbocycles. The second-order valence-corrected chi connectivity index (χ2v) is 6.35. The quantitative estimate of drug-likeness (QED) is 0.611. The van der Waals surface area contributed by atoms with E-state index in [4.69, 9.17) is 16.3 Å². The molecule has 1 aliphatic rings. The van der Waals surface area contributed by atoms with Crippen molar-refractivity contribution in [2.75, 3.05) is 16.8 Å². The molecule has 0 bridgehead atoms. The van der Waals surface area contributed by atoms with Crippen LogP contribution in [0.4, 0.5) is 15.8 Å². The zero-order valence-corrected chi connectivity index (χ0v) is 15.2. The highest BCUT2D eigenvalue weighted by atomic mass is 35.5. The van der Waals surface area contributed by atoms with Crippen molar-refractivity contribution >= 4 is 46.7 Å². The van der Waals surface area contributed by atoms with Crippen LogP contribution in [-0.4, -0.2) is 30.3 Å². The van der Waals surface area contributed by atoms with Gasteiger partial charge in [-0.15, -0.1) is 0 Å². The Morgan fingerprint density at radius 1 is 1.07 bits per heavy atom. The molecule has 7 nitrogen and oxygen atoms in total. The van der Waals surface area contributed by atoms with Crippen LogP contribution in [0, 0.1) is 5.82 Å². The Morgan fingerprint density at radius 2 is 1.71 bits per heavy atom. The van der Waals surface area contributed by atoms with Crippen LogP contribution in [0.25, 0.3) is 0 Å². The first kappa shape index (κ1) is 19.5. The number of halogens is 2. The highest BCUT2D eigenvalue weighted by molar-refractivity contribution is 6.30. The minimum atomic E-state index is -0.780. The monoisotopic (exact) mass is 404 g/mol. The maximum atomic E-state index is 13.6. The molecule has 1 fully saturated rings. The number of benzene rings is 2. The first-order valence-corrected chi connectivity index (χ1v) is 8.61. The number of ether oxygens (including phenoxy) is 1. The maximum absolute atomic E-state index is 13.6. The lowest BCUT2D eigenvalue weighted by Crippen LogP contribution is -2.28. The molecule has 1 heterocycles. The molecule has 9 heteroatoms. The van der Waals surface area contributed by atoms with Crippen LogP contribution in [0.3, 0.4) is 0 Å². The van der Waals surface area contributed by atoms with Crippen molar-refractivity contribution in [3.63, 3.8) is 0 Å². The molecule has 0 unspecified atom stereocenters. The zero-order valence-electron chi connectivity index (χ0n) is 14.4. The third-order valence-electron chi connectivity index (χ3n) is 3.95. The summed E-state index contributed by atoms with van der Waals surface area (Å²) in [6.45, 7) is -0.619. The van der Waals surface area contributed by atoms with Crippen LogP contribution in [0.5, 0.6) is 0 Å². The second-order valence-electron chi connectivity index (χ2n) is 5.92. The number of esters is 1. The minimum absolute atomic E-state index is 0.0882. The molecule has 0 spiro atoms. The van der Waals surface area contributed by atoms with E-state index in [-0.39, 0.29) is 40.9 Å². The van der Waals surface area contributed by atoms with Gasteiger partial charge in [0.25, 0.3) is 5.91 Å². The van der Waals surface area contributed by atoms with E-state index in [9.17, 15) is 23.6 Å². The SMILES string of the molecule is O=C(COC(=O)c1ccc(N2C(=O)CCC2=O)cc1)Nc1ccc(Cl)cc1F. The van der Waals surface area contributed by atoms with E-state index in [2.05, 4.69) is 5.32 Å². The third kappa shape index (κ3) is 4.34. The first-order chi connectivity index (χ1) is 13.3. The summed E-state index contributed by atoms with van der Waals surface area (Å²) in [6, 6.07) is 9.39. The van der Waals surface area contributed by atoms with Gasteiger partial charge in [0, 0.05) is 17.9 Å². The number of imide groups is 1. The average molecular weight is 405 g/mol. The smallest absolute Gasteiger partial charge is 0.338 e. The lowest BCUT2D eigenvalue weighted by Gasteiger charge is -2.14. The van der Waals surface area contributed by atoms with Crippen LogP contribution in [0.2, 0.25) is 5.02 Å². The van der Waals surface area contributed by atoms with Crippen molar-refractivity contribution in [3.05, 3.63) is 58.9 Å². The molecule has 2 aromatic carbocycles. The van der Waals surface area contributed by atoms with Crippen molar-refractivity contribution in [3.8, 4) is 0 Å². The predicted octanol–water partition coefficient (Wildman–Crippen LogP) is 2.93. The predicted molar refractivity (Wildman–Crippen MR) is 98.5 cm³/mol. The van der Waals surface area contributed by atoms with Crippen molar-refractivity contribution in [1.29, 1.82) is 0 Å². The van der Waals surface area contributed by atoms with Gasteiger partial charge in [0.1, 0.15) is 5.82 Å². The van der Waals surface area contributed by atoms with E-state index >= 15 is 0 Å². The second kappa shape index (κ2) is 8.18. The van der Waals surface area contributed by atoms with Gasteiger partial charge in [-0.2, -0.15) is 0 Å². The molecule has 1 aliphatic heterocycles. The number of hydrogen-bond donors (Lipinski definition) is 1. The highest BCUT2D eigenvalue weighted by Gasteiger charge is 2.30. The van der Waals surface area contributed by atoms with E-state index in [1.54, 1.807) is 0 Å². The fourth-order valence-electron chi connectivity index (χ4n) is 2.60. The zero-order chi connectivity index (χ0) is 20.3. The number of anilines is 2. The minimum Gasteiger partial charge on any atom is -0.452 e. The normalized spacial score (nSPS) is 13.6.